The van der Waals surface area contributed by atoms with Crippen molar-refractivity contribution in [1.82, 2.24) is 0 Å². The SMILES string of the molecule is C.CC1CCC(C)CC1.CCC1CCC(C)CC1. The van der Waals surface area contributed by atoms with Gasteiger partial charge in [-0.25, -0.2) is 0 Å². The Morgan fingerprint density at radius 2 is 0.889 bits per heavy atom. The van der Waals surface area contributed by atoms with Gasteiger partial charge in [0.25, 0.3) is 0 Å². The van der Waals surface area contributed by atoms with E-state index in [9.17, 15) is 0 Å². The summed E-state index contributed by atoms with van der Waals surface area (Å²) in [7, 11) is 0. The minimum absolute atomic E-state index is 0. The summed E-state index contributed by atoms with van der Waals surface area (Å²) in [5, 5.41) is 0. The molecule has 0 amide bonds. The molecule has 0 heteroatoms. The van der Waals surface area contributed by atoms with Gasteiger partial charge in [0, 0.05) is 0 Å². The maximum absolute atomic E-state index is 2.38. The van der Waals surface area contributed by atoms with Gasteiger partial charge in [0.1, 0.15) is 0 Å². The average Bonchev–Trinajstić information content (AvgIpc) is 2.35. The van der Waals surface area contributed by atoms with Gasteiger partial charge in [-0.05, 0) is 23.7 Å². The molecule has 0 atom stereocenters. The maximum atomic E-state index is 2.38. The van der Waals surface area contributed by atoms with E-state index in [0.717, 1.165) is 23.7 Å². The third-order valence-electron chi connectivity index (χ3n) is 5.02. The Morgan fingerprint density at radius 1 is 0.611 bits per heavy atom. The van der Waals surface area contributed by atoms with Gasteiger partial charge < -0.3 is 0 Å². The smallest absolute Gasteiger partial charge is 0.0417 e. The summed E-state index contributed by atoms with van der Waals surface area (Å²) < 4.78 is 0. The van der Waals surface area contributed by atoms with Crippen molar-refractivity contribution in [2.24, 2.45) is 23.7 Å². The highest BCUT2D eigenvalue weighted by atomic mass is 14.2. The van der Waals surface area contributed by atoms with Crippen LogP contribution in [0.1, 0.15) is 92.9 Å². The van der Waals surface area contributed by atoms with E-state index in [0.29, 0.717) is 0 Å². The summed E-state index contributed by atoms with van der Waals surface area (Å²) in [5.74, 6) is 4.13. The molecule has 0 nitrogen and oxygen atoms in total. The van der Waals surface area contributed by atoms with Gasteiger partial charge in [-0.2, -0.15) is 0 Å². The van der Waals surface area contributed by atoms with Crippen LogP contribution in [-0.4, -0.2) is 0 Å². The first-order chi connectivity index (χ1) is 8.11. The van der Waals surface area contributed by atoms with E-state index in [1.54, 1.807) is 0 Å². The van der Waals surface area contributed by atoms with Crippen LogP contribution < -0.4 is 0 Å². The molecule has 110 valence electrons. The van der Waals surface area contributed by atoms with Crippen molar-refractivity contribution in [3.63, 3.8) is 0 Å². The van der Waals surface area contributed by atoms with Gasteiger partial charge in [0.05, 0.1) is 0 Å². The lowest BCUT2D eigenvalue weighted by molar-refractivity contribution is 0.284. The summed E-state index contributed by atoms with van der Waals surface area (Å²) >= 11 is 0. The largest absolute Gasteiger partial charge is 0.0776 e. The van der Waals surface area contributed by atoms with E-state index in [1.165, 1.54) is 57.8 Å². The highest BCUT2D eigenvalue weighted by molar-refractivity contribution is 4.68. The molecule has 2 aliphatic carbocycles. The standard InChI is InChI=1S/C9H18.C8H16.CH4/c1-3-9-6-4-8(2)5-7-9;1-7-3-5-8(2)6-4-7;/h8-9H,3-7H2,1-2H3;7-8H,3-6H2,1-2H3;1H4. The molecular formula is C18H38. The summed E-state index contributed by atoms with van der Waals surface area (Å²) in [6.07, 6.45) is 13.3. The minimum atomic E-state index is 0. The molecule has 0 N–H and O–H groups in total. The van der Waals surface area contributed by atoms with Gasteiger partial charge in [-0.1, -0.05) is 92.9 Å². The van der Waals surface area contributed by atoms with Crippen molar-refractivity contribution in [2.45, 2.75) is 92.9 Å². The summed E-state index contributed by atoms with van der Waals surface area (Å²) in [5.41, 5.74) is 0. The highest BCUT2D eigenvalue weighted by Gasteiger charge is 2.15. The molecule has 0 aliphatic heterocycles. The van der Waals surface area contributed by atoms with Crippen molar-refractivity contribution in [3.8, 4) is 0 Å². The van der Waals surface area contributed by atoms with Crippen LogP contribution in [-0.2, 0) is 0 Å². The van der Waals surface area contributed by atoms with Crippen LogP contribution in [0.25, 0.3) is 0 Å². The predicted molar refractivity (Wildman–Crippen MR) is 84.9 cm³/mol. The van der Waals surface area contributed by atoms with Gasteiger partial charge in [0.15, 0.2) is 0 Å². The Labute approximate surface area is 117 Å². The van der Waals surface area contributed by atoms with Crippen molar-refractivity contribution in [3.05, 3.63) is 0 Å². The fourth-order valence-corrected chi connectivity index (χ4v) is 3.16. The topological polar surface area (TPSA) is 0 Å². The van der Waals surface area contributed by atoms with Crippen molar-refractivity contribution in [2.75, 3.05) is 0 Å². The Morgan fingerprint density at radius 3 is 1.17 bits per heavy atom. The van der Waals surface area contributed by atoms with E-state index < -0.39 is 0 Å². The molecule has 0 saturated heterocycles. The second kappa shape index (κ2) is 9.87. The predicted octanol–water partition coefficient (Wildman–Crippen LogP) is 6.69. The Balaban J connectivity index is 0.000000306. The Kier molecular flexibility index (Phi) is 9.87. The molecule has 18 heavy (non-hydrogen) atoms. The van der Waals surface area contributed by atoms with Crippen LogP contribution in [0.2, 0.25) is 0 Å². The zero-order valence-electron chi connectivity index (χ0n) is 12.7. The first-order valence-electron chi connectivity index (χ1n) is 8.11. The molecule has 2 rings (SSSR count). The first-order valence-corrected chi connectivity index (χ1v) is 8.11. The van der Waals surface area contributed by atoms with E-state index >= 15 is 0 Å². The molecule has 0 bridgehead atoms. The van der Waals surface area contributed by atoms with Crippen LogP contribution in [0.15, 0.2) is 0 Å². The van der Waals surface area contributed by atoms with Gasteiger partial charge in [-0.3, -0.25) is 0 Å². The second-order valence-electron chi connectivity index (χ2n) is 6.90. The first kappa shape index (κ1) is 18.0. The van der Waals surface area contributed by atoms with Crippen molar-refractivity contribution >= 4 is 0 Å². The monoisotopic (exact) mass is 254 g/mol. The fourth-order valence-electron chi connectivity index (χ4n) is 3.16. The zero-order valence-corrected chi connectivity index (χ0v) is 12.7. The van der Waals surface area contributed by atoms with Gasteiger partial charge in [-0.15, -0.1) is 0 Å². The number of hydrogen-bond donors (Lipinski definition) is 0. The van der Waals surface area contributed by atoms with Gasteiger partial charge in [0.2, 0.25) is 0 Å². The molecule has 0 aromatic heterocycles. The normalized spacial score (nSPS) is 36.0. The van der Waals surface area contributed by atoms with Crippen molar-refractivity contribution in [1.29, 1.82) is 0 Å². The summed E-state index contributed by atoms with van der Waals surface area (Å²) in [6.45, 7) is 9.43. The summed E-state index contributed by atoms with van der Waals surface area (Å²) in [4.78, 5) is 0. The quantitative estimate of drug-likeness (QED) is 0.489. The maximum Gasteiger partial charge on any atom is -0.0417 e. The lowest BCUT2D eigenvalue weighted by Gasteiger charge is -2.24. The zero-order chi connectivity index (χ0) is 12.7. The lowest BCUT2D eigenvalue weighted by atomic mass is 9.82. The molecule has 2 saturated carbocycles. The molecule has 2 aliphatic rings. The molecule has 0 aromatic rings. The number of rotatable bonds is 1. The fraction of sp³-hybridized carbons (Fsp3) is 1.00. The van der Waals surface area contributed by atoms with E-state index in [4.69, 9.17) is 0 Å². The molecule has 0 radical (unpaired) electrons. The molecule has 2 fully saturated rings. The van der Waals surface area contributed by atoms with Crippen LogP contribution in [0, 0.1) is 23.7 Å². The van der Waals surface area contributed by atoms with Crippen LogP contribution in [0.5, 0.6) is 0 Å². The van der Waals surface area contributed by atoms with E-state index in [-0.39, 0.29) is 7.43 Å². The molecule has 0 unspecified atom stereocenters. The molecular weight excluding hydrogens is 216 g/mol. The lowest BCUT2D eigenvalue weighted by Crippen LogP contribution is -2.10. The third kappa shape index (κ3) is 7.44. The molecule has 0 heterocycles. The third-order valence-corrected chi connectivity index (χ3v) is 5.02. The molecule has 0 spiro atoms. The summed E-state index contributed by atoms with van der Waals surface area (Å²) in [6, 6.07) is 0. The highest BCUT2D eigenvalue weighted by Crippen LogP contribution is 2.29. The van der Waals surface area contributed by atoms with E-state index in [1.807, 2.05) is 0 Å². The minimum Gasteiger partial charge on any atom is -0.0776 e. The van der Waals surface area contributed by atoms with Crippen LogP contribution in [0.4, 0.5) is 0 Å². The number of hydrogen-bond acceptors (Lipinski definition) is 0. The van der Waals surface area contributed by atoms with Crippen molar-refractivity contribution < 1.29 is 0 Å². The Bertz CT molecular complexity index is 158. The van der Waals surface area contributed by atoms with Gasteiger partial charge >= 0.3 is 0 Å². The molecule has 0 aromatic carbocycles. The van der Waals surface area contributed by atoms with E-state index in [2.05, 4.69) is 27.7 Å². The Hall–Kier alpha value is 0. The average molecular weight is 255 g/mol. The van der Waals surface area contributed by atoms with Crippen LogP contribution in [0.3, 0.4) is 0 Å². The second-order valence-corrected chi connectivity index (χ2v) is 6.90. The van der Waals surface area contributed by atoms with Crippen LogP contribution >= 0.6 is 0 Å².